The van der Waals surface area contributed by atoms with E-state index in [1.165, 1.54) is 12.7 Å². The minimum atomic E-state index is -0.587. The number of piperidine rings is 1. The van der Waals surface area contributed by atoms with Crippen LogP contribution < -0.4 is 4.74 Å². The molecule has 3 rings (SSSR count). The molecular weight excluding hydrogens is 314 g/mol. The van der Waals surface area contributed by atoms with Crippen molar-refractivity contribution in [2.24, 2.45) is 0 Å². The summed E-state index contributed by atoms with van der Waals surface area (Å²) in [4.78, 5) is 15.1. The largest absolute Gasteiger partial charge is 0.497 e. The maximum atomic E-state index is 12.7. The number of carbonyl (C=O) groups is 1. The van der Waals surface area contributed by atoms with Gasteiger partial charge in [-0.05, 0) is 49.2 Å². The molecule has 4 heteroatoms. The van der Waals surface area contributed by atoms with Crippen LogP contribution in [0.2, 0.25) is 0 Å². The van der Waals surface area contributed by atoms with Gasteiger partial charge in [-0.2, -0.15) is 0 Å². The average molecular weight is 339 g/mol. The Morgan fingerprint density at radius 3 is 2.40 bits per heavy atom. The van der Waals surface area contributed by atoms with Crippen LogP contribution in [0.1, 0.15) is 24.0 Å². The van der Waals surface area contributed by atoms with E-state index in [4.69, 9.17) is 9.47 Å². The molecule has 0 unspecified atom stereocenters. The topological polar surface area (TPSA) is 38.8 Å². The van der Waals surface area contributed by atoms with Crippen molar-refractivity contribution < 1.29 is 14.3 Å². The van der Waals surface area contributed by atoms with Crippen molar-refractivity contribution in [3.05, 3.63) is 65.7 Å². The maximum absolute atomic E-state index is 12.7. The van der Waals surface area contributed by atoms with Crippen LogP contribution in [-0.4, -0.2) is 38.2 Å². The van der Waals surface area contributed by atoms with Gasteiger partial charge < -0.3 is 9.47 Å². The van der Waals surface area contributed by atoms with Gasteiger partial charge in [0, 0.05) is 6.54 Å². The molecule has 0 bridgehead atoms. The first-order valence-corrected chi connectivity index (χ1v) is 8.67. The van der Waals surface area contributed by atoms with Gasteiger partial charge in [-0.25, -0.2) is 0 Å². The lowest BCUT2D eigenvalue weighted by Gasteiger charge is -2.40. The fraction of sp³-hybridized carbons (Fsp3) is 0.381. The van der Waals surface area contributed by atoms with Crippen LogP contribution in [-0.2, 0) is 21.5 Å². The monoisotopic (exact) mass is 339 g/mol. The Labute approximate surface area is 149 Å². The summed E-state index contributed by atoms with van der Waals surface area (Å²) in [7, 11) is 3.12. The van der Waals surface area contributed by atoms with Gasteiger partial charge in [0.1, 0.15) is 5.75 Å². The Hall–Kier alpha value is -2.33. The van der Waals surface area contributed by atoms with Gasteiger partial charge >= 0.3 is 5.97 Å². The van der Waals surface area contributed by atoms with Crippen LogP contribution in [0.25, 0.3) is 0 Å². The number of benzene rings is 2. The first-order valence-electron chi connectivity index (χ1n) is 8.67. The number of hydrogen-bond donors (Lipinski definition) is 0. The Bertz CT molecular complexity index is 706. The molecule has 0 radical (unpaired) electrons. The molecule has 0 saturated carbocycles. The number of likely N-dealkylation sites (tertiary alicyclic amines) is 1. The van der Waals surface area contributed by atoms with E-state index in [9.17, 15) is 4.79 Å². The average Bonchev–Trinajstić information content (AvgIpc) is 2.69. The first-order chi connectivity index (χ1) is 12.2. The summed E-state index contributed by atoms with van der Waals surface area (Å²) in [6.45, 7) is 2.64. The molecule has 132 valence electrons. The van der Waals surface area contributed by atoms with Crippen molar-refractivity contribution in [3.63, 3.8) is 0 Å². The second-order valence-electron chi connectivity index (χ2n) is 6.57. The molecule has 0 spiro atoms. The predicted octanol–water partition coefficient (Wildman–Crippen LogP) is 3.40. The van der Waals surface area contributed by atoms with Gasteiger partial charge in [0.25, 0.3) is 0 Å². The van der Waals surface area contributed by atoms with Crippen LogP contribution in [0.4, 0.5) is 0 Å². The van der Waals surface area contributed by atoms with E-state index in [-0.39, 0.29) is 5.97 Å². The zero-order valence-electron chi connectivity index (χ0n) is 14.9. The molecule has 0 aliphatic carbocycles. The summed E-state index contributed by atoms with van der Waals surface area (Å²) >= 11 is 0. The van der Waals surface area contributed by atoms with E-state index in [0.29, 0.717) is 0 Å². The summed E-state index contributed by atoms with van der Waals surface area (Å²) in [6, 6.07) is 18.3. The van der Waals surface area contributed by atoms with Crippen molar-refractivity contribution in [1.29, 1.82) is 0 Å². The highest BCUT2D eigenvalue weighted by Gasteiger charge is 2.44. The second-order valence-corrected chi connectivity index (χ2v) is 6.57. The third kappa shape index (κ3) is 3.69. The van der Waals surface area contributed by atoms with E-state index in [1.54, 1.807) is 7.11 Å². The van der Waals surface area contributed by atoms with Crippen LogP contribution in [0, 0.1) is 0 Å². The molecule has 0 atom stereocenters. The lowest BCUT2D eigenvalue weighted by Crippen LogP contribution is -2.47. The SMILES string of the molecule is COC(=O)C1(c2cccc(OC)c2)CCN(Cc2ccccc2)CC1. The smallest absolute Gasteiger partial charge is 0.316 e. The molecule has 1 aliphatic rings. The Balaban J connectivity index is 1.78. The minimum absolute atomic E-state index is 0.153. The number of esters is 1. The lowest BCUT2D eigenvalue weighted by molar-refractivity contribution is -0.149. The fourth-order valence-corrected chi connectivity index (χ4v) is 3.66. The van der Waals surface area contributed by atoms with Gasteiger partial charge in [-0.3, -0.25) is 9.69 Å². The van der Waals surface area contributed by atoms with Crippen molar-refractivity contribution in [2.75, 3.05) is 27.3 Å². The third-order valence-corrected chi connectivity index (χ3v) is 5.16. The lowest BCUT2D eigenvalue weighted by atomic mass is 9.72. The Morgan fingerprint density at radius 1 is 1.04 bits per heavy atom. The number of nitrogens with zero attached hydrogens (tertiary/aromatic N) is 1. The molecule has 2 aromatic carbocycles. The standard InChI is InChI=1S/C21H25NO3/c1-24-19-10-6-9-18(15-19)21(20(23)25-2)11-13-22(14-12-21)16-17-7-4-3-5-8-17/h3-10,15H,11-14,16H2,1-2H3. The van der Waals surface area contributed by atoms with E-state index >= 15 is 0 Å². The number of ether oxygens (including phenoxy) is 2. The highest BCUT2D eigenvalue weighted by Crippen LogP contribution is 2.38. The Kier molecular flexibility index (Phi) is 5.39. The minimum Gasteiger partial charge on any atom is -0.497 e. The zero-order chi connectivity index (χ0) is 17.7. The van der Waals surface area contributed by atoms with E-state index in [1.807, 2.05) is 30.3 Å². The second kappa shape index (κ2) is 7.70. The summed E-state index contributed by atoms with van der Waals surface area (Å²) in [5.41, 5.74) is 1.70. The van der Waals surface area contributed by atoms with E-state index < -0.39 is 5.41 Å². The molecule has 0 aromatic heterocycles. The Morgan fingerprint density at radius 2 is 1.76 bits per heavy atom. The molecule has 0 amide bonds. The molecule has 1 aliphatic heterocycles. The molecular formula is C21H25NO3. The van der Waals surface area contributed by atoms with Crippen LogP contribution >= 0.6 is 0 Å². The van der Waals surface area contributed by atoms with Gasteiger partial charge in [-0.15, -0.1) is 0 Å². The number of carbonyl (C=O) groups excluding carboxylic acids is 1. The van der Waals surface area contributed by atoms with E-state index in [2.05, 4.69) is 29.2 Å². The normalized spacial score (nSPS) is 17.0. The molecule has 1 saturated heterocycles. The van der Waals surface area contributed by atoms with Crippen molar-refractivity contribution in [1.82, 2.24) is 4.90 Å². The van der Waals surface area contributed by atoms with Gasteiger partial charge in [0.2, 0.25) is 0 Å². The summed E-state index contributed by atoms with van der Waals surface area (Å²) in [5, 5.41) is 0. The van der Waals surface area contributed by atoms with Gasteiger partial charge in [0.15, 0.2) is 0 Å². The van der Waals surface area contributed by atoms with E-state index in [0.717, 1.165) is 43.8 Å². The van der Waals surface area contributed by atoms with Crippen LogP contribution in [0.5, 0.6) is 5.75 Å². The fourth-order valence-electron chi connectivity index (χ4n) is 3.66. The van der Waals surface area contributed by atoms with Gasteiger partial charge in [0.05, 0.1) is 19.6 Å². The number of methoxy groups -OCH3 is 2. The van der Waals surface area contributed by atoms with Crippen LogP contribution in [0.15, 0.2) is 54.6 Å². The summed E-state index contributed by atoms with van der Waals surface area (Å²) in [6.07, 6.45) is 1.50. The molecule has 2 aromatic rings. The summed E-state index contributed by atoms with van der Waals surface area (Å²) < 4.78 is 10.5. The molecule has 25 heavy (non-hydrogen) atoms. The number of hydrogen-bond acceptors (Lipinski definition) is 4. The molecule has 0 N–H and O–H groups in total. The quantitative estimate of drug-likeness (QED) is 0.783. The third-order valence-electron chi connectivity index (χ3n) is 5.16. The maximum Gasteiger partial charge on any atom is 0.316 e. The van der Waals surface area contributed by atoms with Crippen molar-refractivity contribution in [2.45, 2.75) is 24.8 Å². The van der Waals surface area contributed by atoms with Crippen molar-refractivity contribution in [3.8, 4) is 5.75 Å². The van der Waals surface area contributed by atoms with Crippen LogP contribution in [0.3, 0.4) is 0 Å². The van der Waals surface area contributed by atoms with Crippen molar-refractivity contribution >= 4 is 5.97 Å². The summed E-state index contributed by atoms with van der Waals surface area (Å²) in [5.74, 6) is 0.618. The molecule has 1 fully saturated rings. The highest BCUT2D eigenvalue weighted by molar-refractivity contribution is 5.83. The zero-order valence-corrected chi connectivity index (χ0v) is 14.9. The molecule has 4 nitrogen and oxygen atoms in total. The van der Waals surface area contributed by atoms with Gasteiger partial charge in [-0.1, -0.05) is 42.5 Å². The first kappa shape index (κ1) is 17.5. The molecule has 1 heterocycles. The predicted molar refractivity (Wildman–Crippen MR) is 97.6 cm³/mol. The number of rotatable bonds is 5. The highest BCUT2D eigenvalue weighted by atomic mass is 16.5.